The van der Waals surface area contributed by atoms with E-state index in [1.807, 2.05) is 31.2 Å². The number of ether oxygens (including phenoxy) is 3. The smallest absolute Gasteiger partial charge is 0.161 e. The minimum Gasteiger partial charge on any atom is -0.490 e. The summed E-state index contributed by atoms with van der Waals surface area (Å²) in [6.45, 7) is 9.01. The van der Waals surface area contributed by atoms with E-state index in [0.29, 0.717) is 6.61 Å². The summed E-state index contributed by atoms with van der Waals surface area (Å²) in [5, 5.41) is 3.37. The zero-order chi connectivity index (χ0) is 15.2. The van der Waals surface area contributed by atoms with Crippen molar-refractivity contribution in [2.24, 2.45) is 0 Å². The Bertz CT molecular complexity index is 358. The predicted molar refractivity (Wildman–Crippen MR) is 86.3 cm³/mol. The Hall–Kier alpha value is -1.26. The Labute approximate surface area is 128 Å². The molecule has 0 atom stereocenters. The predicted octanol–water partition coefficient (Wildman–Crippen LogP) is 3.26. The van der Waals surface area contributed by atoms with Crippen molar-refractivity contribution in [3.8, 4) is 11.5 Å². The number of nitrogens with one attached hydrogen (secondary N) is 1. The maximum absolute atomic E-state index is 5.77. The molecule has 0 aliphatic heterocycles. The van der Waals surface area contributed by atoms with Gasteiger partial charge in [0.1, 0.15) is 6.61 Å². The highest BCUT2D eigenvalue weighted by Gasteiger charge is 2.03. The fourth-order valence-corrected chi connectivity index (χ4v) is 1.86. The van der Waals surface area contributed by atoms with Gasteiger partial charge in [-0.2, -0.15) is 0 Å². The van der Waals surface area contributed by atoms with Crippen molar-refractivity contribution in [2.45, 2.75) is 33.1 Å². The van der Waals surface area contributed by atoms with Crippen LogP contribution in [0.15, 0.2) is 24.3 Å². The van der Waals surface area contributed by atoms with Crippen LogP contribution >= 0.6 is 0 Å². The van der Waals surface area contributed by atoms with Gasteiger partial charge in [-0.05, 0) is 44.9 Å². The van der Waals surface area contributed by atoms with Gasteiger partial charge in [0.2, 0.25) is 0 Å². The van der Waals surface area contributed by atoms with Crippen molar-refractivity contribution < 1.29 is 14.2 Å². The molecule has 21 heavy (non-hydrogen) atoms. The van der Waals surface area contributed by atoms with E-state index in [1.165, 1.54) is 0 Å². The Kier molecular flexibility index (Phi) is 10.6. The molecule has 4 heteroatoms. The van der Waals surface area contributed by atoms with Crippen LogP contribution in [0.25, 0.3) is 0 Å². The molecule has 1 aromatic carbocycles. The van der Waals surface area contributed by atoms with Crippen LogP contribution in [0.4, 0.5) is 0 Å². The summed E-state index contributed by atoms with van der Waals surface area (Å²) in [5.74, 6) is 1.65. The highest BCUT2D eigenvalue weighted by atomic mass is 16.5. The number of hydrogen-bond donors (Lipinski definition) is 1. The summed E-state index contributed by atoms with van der Waals surface area (Å²) in [4.78, 5) is 0. The molecule has 0 heterocycles. The Balaban J connectivity index is 2.09. The molecule has 1 rings (SSSR count). The van der Waals surface area contributed by atoms with E-state index >= 15 is 0 Å². The standard InChI is InChI=1S/C17H29NO3/c1-3-13-20-16-9-5-6-10-17(16)21-15-12-18-11-7-8-14-19-4-2/h5-6,9-10,18H,3-4,7-8,11-15H2,1-2H3. The average molecular weight is 295 g/mol. The van der Waals surface area contributed by atoms with Crippen molar-refractivity contribution in [2.75, 3.05) is 39.5 Å². The van der Waals surface area contributed by atoms with Gasteiger partial charge < -0.3 is 19.5 Å². The van der Waals surface area contributed by atoms with Gasteiger partial charge in [0.05, 0.1) is 6.61 Å². The second-order valence-electron chi connectivity index (χ2n) is 4.80. The lowest BCUT2D eigenvalue weighted by Gasteiger charge is -2.12. The SMILES string of the molecule is CCCOc1ccccc1OCCNCCCCOCC. The van der Waals surface area contributed by atoms with Crippen molar-refractivity contribution in [3.05, 3.63) is 24.3 Å². The van der Waals surface area contributed by atoms with Gasteiger partial charge in [0.25, 0.3) is 0 Å². The average Bonchev–Trinajstić information content (AvgIpc) is 2.52. The Morgan fingerprint density at radius 2 is 1.57 bits per heavy atom. The minimum atomic E-state index is 0.651. The summed E-state index contributed by atoms with van der Waals surface area (Å²) < 4.78 is 16.7. The first-order valence-electron chi connectivity index (χ1n) is 8.01. The molecule has 0 fully saturated rings. The molecule has 0 aliphatic carbocycles. The van der Waals surface area contributed by atoms with Crippen LogP contribution in [0, 0.1) is 0 Å². The van der Waals surface area contributed by atoms with Crippen LogP contribution in [0.1, 0.15) is 33.1 Å². The maximum atomic E-state index is 5.77. The molecule has 0 radical (unpaired) electrons. The summed E-state index contributed by atoms with van der Waals surface area (Å²) in [6, 6.07) is 7.84. The van der Waals surface area contributed by atoms with Crippen LogP contribution in [0.5, 0.6) is 11.5 Å². The normalized spacial score (nSPS) is 10.6. The highest BCUT2D eigenvalue weighted by Crippen LogP contribution is 2.26. The monoisotopic (exact) mass is 295 g/mol. The maximum Gasteiger partial charge on any atom is 0.161 e. The lowest BCUT2D eigenvalue weighted by atomic mass is 10.3. The quantitative estimate of drug-likeness (QED) is 0.567. The molecule has 1 N–H and O–H groups in total. The van der Waals surface area contributed by atoms with Gasteiger partial charge in [0, 0.05) is 19.8 Å². The van der Waals surface area contributed by atoms with Gasteiger partial charge in [-0.1, -0.05) is 19.1 Å². The second-order valence-corrected chi connectivity index (χ2v) is 4.80. The molecule has 1 aromatic rings. The van der Waals surface area contributed by atoms with Gasteiger partial charge in [0.15, 0.2) is 11.5 Å². The zero-order valence-electron chi connectivity index (χ0n) is 13.4. The Morgan fingerprint density at radius 1 is 0.857 bits per heavy atom. The first-order valence-corrected chi connectivity index (χ1v) is 8.01. The van der Waals surface area contributed by atoms with E-state index in [2.05, 4.69) is 12.2 Å². The fraction of sp³-hybridized carbons (Fsp3) is 0.647. The zero-order valence-corrected chi connectivity index (χ0v) is 13.4. The number of para-hydroxylation sites is 2. The molecular weight excluding hydrogens is 266 g/mol. The minimum absolute atomic E-state index is 0.651. The Morgan fingerprint density at radius 3 is 2.24 bits per heavy atom. The fourth-order valence-electron chi connectivity index (χ4n) is 1.86. The third-order valence-electron chi connectivity index (χ3n) is 2.94. The summed E-state index contributed by atoms with van der Waals surface area (Å²) in [7, 11) is 0. The summed E-state index contributed by atoms with van der Waals surface area (Å²) in [5.41, 5.74) is 0. The van der Waals surface area contributed by atoms with Crippen molar-refractivity contribution in [1.82, 2.24) is 5.32 Å². The molecule has 0 saturated carbocycles. The van der Waals surface area contributed by atoms with E-state index < -0.39 is 0 Å². The van der Waals surface area contributed by atoms with Gasteiger partial charge in [-0.3, -0.25) is 0 Å². The van der Waals surface area contributed by atoms with Crippen LogP contribution in [0.2, 0.25) is 0 Å². The number of unbranched alkanes of at least 4 members (excludes halogenated alkanes) is 1. The molecule has 0 saturated heterocycles. The summed E-state index contributed by atoms with van der Waals surface area (Å²) in [6.07, 6.45) is 3.24. The van der Waals surface area contributed by atoms with Crippen molar-refractivity contribution in [3.63, 3.8) is 0 Å². The number of hydrogen-bond acceptors (Lipinski definition) is 4. The van der Waals surface area contributed by atoms with Gasteiger partial charge in [-0.25, -0.2) is 0 Å². The van der Waals surface area contributed by atoms with Crippen molar-refractivity contribution in [1.29, 1.82) is 0 Å². The molecule has 0 aliphatic rings. The molecule has 0 bridgehead atoms. The number of rotatable bonds is 13. The molecule has 0 aromatic heterocycles. The highest BCUT2D eigenvalue weighted by molar-refractivity contribution is 5.39. The topological polar surface area (TPSA) is 39.7 Å². The molecule has 0 spiro atoms. The van der Waals surface area contributed by atoms with Gasteiger partial charge >= 0.3 is 0 Å². The molecule has 4 nitrogen and oxygen atoms in total. The second kappa shape index (κ2) is 12.5. The van der Waals surface area contributed by atoms with Crippen molar-refractivity contribution >= 4 is 0 Å². The lowest BCUT2D eigenvalue weighted by molar-refractivity contribution is 0.143. The first kappa shape index (κ1) is 17.8. The first-order chi connectivity index (χ1) is 10.4. The third-order valence-corrected chi connectivity index (χ3v) is 2.94. The van der Waals surface area contributed by atoms with Gasteiger partial charge in [-0.15, -0.1) is 0 Å². The molecule has 0 unspecified atom stereocenters. The van der Waals surface area contributed by atoms with E-state index in [0.717, 1.165) is 63.7 Å². The van der Waals surface area contributed by atoms with Crippen LogP contribution < -0.4 is 14.8 Å². The lowest BCUT2D eigenvalue weighted by Crippen LogP contribution is -2.22. The molecular formula is C17H29NO3. The number of benzene rings is 1. The largest absolute Gasteiger partial charge is 0.490 e. The van der Waals surface area contributed by atoms with Crippen LogP contribution in [-0.2, 0) is 4.74 Å². The van der Waals surface area contributed by atoms with E-state index in [9.17, 15) is 0 Å². The van der Waals surface area contributed by atoms with E-state index in [4.69, 9.17) is 14.2 Å². The molecule has 120 valence electrons. The van der Waals surface area contributed by atoms with E-state index in [1.54, 1.807) is 0 Å². The molecule has 0 amide bonds. The van der Waals surface area contributed by atoms with Crippen LogP contribution in [0.3, 0.4) is 0 Å². The third kappa shape index (κ3) is 8.58. The van der Waals surface area contributed by atoms with Crippen LogP contribution in [-0.4, -0.2) is 39.5 Å². The van der Waals surface area contributed by atoms with E-state index in [-0.39, 0.29) is 0 Å². The summed E-state index contributed by atoms with van der Waals surface area (Å²) >= 11 is 0.